The van der Waals surface area contributed by atoms with Crippen molar-refractivity contribution in [3.8, 4) is 0 Å². The number of halogens is 1. The van der Waals surface area contributed by atoms with Gasteiger partial charge in [-0.1, -0.05) is 25.1 Å². The first-order valence-corrected chi connectivity index (χ1v) is 10.1. The van der Waals surface area contributed by atoms with Crippen molar-refractivity contribution in [3.05, 3.63) is 64.7 Å². The van der Waals surface area contributed by atoms with E-state index in [4.69, 9.17) is 5.11 Å². The highest BCUT2D eigenvalue weighted by molar-refractivity contribution is 5.86. The Bertz CT molecular complexity index is 865. The number of aldehydes is 1. The Morgan fingerprint density at radius 2 is 1.97 bits per heavy atom. The summed E-state index contributed by atoms with van der Waals surface area (Å²) in [5.41, 5.74) is 5.30. The molecule has 6 nitrogen and oxygen atoms in total. The lowest BCUT2D eigenvalue weighted by molar-refractivity contribution is -0.0634. The molecule has 30 heavy (non-hydrogen) atoms. The fourth-order valence-electron chi connectivity index (χ4n) is 3.27. The molecule has 0 amide bonds. The number of aromatic nitrogens is 1. The zero-order valence-electron chi connectivity index (χ0n) is 17.8. The molecule has 162 valence electrons. The zero-order chi connectivity index (χ0) is 22.1. The maximum absolute atomic E-state index is 13.2. The largest absolute Gasteiger partial charge is 0.396 e. The van der Waals surface area contributed by atoms with Crippen molar-refractivity contribution in [2.45, 2.75) is 33.2 Å². The number of hydrogen-bond donors (Lipinski definition) is 2. The number of anilines is 1. The molecule has 1 aliphatic rings. The average molecular weight is 416 g/mol. The molecule has 2 N–H and O–H groups in total. The summed E-state index contributed by atoms with van der Waals surface area (Å²) in [6.45, 7) is 6.02. The van der Waals surface area contributed by atoms with Crippen molar-refractivity contribution in [2.75, 3.05) is 31.6 Å². The first kappa shape index (κ1) is 23.7. The lowest BCUT2D eigenvalue weighted by Gasteiger charge is -2.32. The van der Waals surface area contributed by atoms with E-state index in [0.717, 1.165) is 52.3 Å². The third kappa shape index (κ3) is 6.19. The van der Waals surface area contributed by atoms with Gasteiger partial charge in [-0.05, 0) is 48.6 Å². The number of carbonyl (C=O) groups excluding carboxylic acids is 1. The van der Waals surface area contributed by atoms with Gasteiger partial charge in [0, 0.05) is 38.9 Å². The van der Waals surface area contributed by atoms with E-state index >= 15 is 0 Å². The molecule has 7 heteroatoms. The van der Waals surface area contributed by atoms with Crippen LogP contribution in [0.3, 0.4) is 0 Å². The summed E-state index contributed by atoms with van der Waals surface area (Å²) in [4.78, 5) is 17.9. The first-order chi connectivity index (χ1) is 14.4. The van der Waals surface area contributed by atoms with Crippen molar-refractivity contribution < 1.29 is 19.5 Å². The topological polar surface area (TPSA) is 76.9 Å². The smallest absolute Gasteiger partial charge is 0.168 e. The predicted molar refractivity (Wildman–Crippen MR) is 116 cm³/mol. The minimum absolute atomic E-state index is 0.253. The number of aliphatic hydroxyl groups is 1. The second-order valence-electron chi connectivity index (χ2n) is 7.25. The van der Waals surface area contributed by atoms with Crippen LogP contribution in [-0.4, -0.2) is 53.4 Å². The van der Waals surface area contributed by atoms with Crippen LogP contribution in [0.25, 0.3) is 5.57 Å². The van der Waals surface area contributed by atoms with E-state index in [-0.39, 0.29) is 5.82 Å². The standard InChI is InChI=1S/C20H22FN3O2.C3H8O/c1-14-7-10-24(12-15-3-5-16(21)6-4-15)19-11-22-18(13-25)17(20(14)19)8-9-23(2)26;1-2-3-4/h3-7,11,13,26H,8-10,12H2,1-2H3;4H,2-3H2,1H3. The quantitative estimate of drug-likeness (QED) is 0.530. The van der Waals surface area contributed by atoms with Crippen LogP contribution in [0.5, 0.6) is 0 Å². The molecule has 2 aromatic rings. The van der Waals surface area contributed by atoms with E-state index in [0.29, 0.717) is 31.8 Å². The van der Waals surface area contributed by atoms with Gasteiger partial charge < -0.3 is 15.2 Å². The SMILES string of the molecule is CC1=CCN(Cc2ccc(F)cc2)c2cnc(C=O)c(CCN(C)O)c21.CCCO. The van der Waals surface area contributed by atoms with Gasteiger partial charge in [-0.3, -0.25) is 9.78 Å². The van der Waals surface area contributed by atoms with Crippen LogP contribution in [0, 0.1) is 5.82 Å². The number of pyridine rings is 1. The predicted octanol–water partition coefficient (Wildman–Crippen LogP) is 3.71. The second-order valence-corrected chi connectivity index (χ2v) is 7.25. The number of aliphatic hydroxyl groups excluding tert-OH is 1. The minimum atomic E-state index is -0.253. The van der Waals surface area contributed by atoms with Gasteiger partial charge in [0.1, 0.15) is 11.5 Å². The zero-order valence-corrected chi connectivity index (χ0v) is 17.8. The lowest BCUT2D eigenvalue weighted by atomic mass is 9.93. The molecule has 0 fully saturated rings. The highest BCUT2D eigenvalue weighted by atomic mass is 19.1. The van der Waals surface area contributed by atoms with Crippen LogP contribution in [-0.2, 0) is 13.0 Å². The number of likely N-dealkylation sites (N-methyl/N-ethyl adjacent to an activating group) is 1. The molecule has 2 heterocycles. The Morgan fingerprint density at radius 1 is 1.30 bits per heavy atom. The average Bonchev–Trinajstić information content (AvgIpc) is 2.75. The third-order valence-electron chi connectivity index (χ3n) is 4.85. The molecule has 1 aromatic carbocycles. The Morgan fingerprint density at radius 3 is 2.53 bits per heavy atom. The number of allylic oxidation sites excluding steroid dienone is 1. The summed E-state index contributed by atoms with van der Waals surface area (Å²) in [5.74, 6) is -0.253. The summed E-state index contributed by atoms with van der Waals surface area (Å²) >= 11 is 0. The van der Waals surface area contributed by atoms with E-state index in [1.54, 1.807) is 25.4 Å². The van der Waals surface area contributed by atoms with Crippen molar-refractivity contribution in [2.24, 2.45) is 0 Å². The van der Waals surface area contributed by atoms with Crippen LogP contribution < -0.4 is 4.90 Å². The fraction of sp³-hybridized carbons (Fsp3) is 0.391. The maximum Gasteiger partial charge on any atom is 0.168 e. The van der Waals surface area contributed by atoms with Gasteiger partial charge in [-0.2, -0.15) is 5.06 Å². The molecule has 0 radical (unpaired) electrons. The lowest BCUT2D eigenvalue weighted by Crippen LogP contribution is -2.28. The number of rotatable bonds is 7. The molecular formula is C23H30FN3O3. The number of benzene rings is 1. The molecule has 0 spiro atoms. The van der Waals surface area contributed by atoms with Gasteiger partial charge in [0.05, 0.1) is 11.9 Å². The molecule has 0 aliphatic carbocycles. The summed E-state index contributed by atoms with van der Waals surface area (Å²) < 4.78 is 13.2. The molecule has 0 atom stereocenters. The number of carbonyl (C=O) groups is 1. The van der Waals surface area contributed by atoms with E-state index in [2.05, 4.69) is 16.0 Å². The highest BCUT2D eigenvalue weighted by Crippen LogP contribution is 2.35. The van der Waals surface area contributed by atoms with Gasteiger partial charge in [-0.15, -0.1) is 0 Å². The Kier molecular flexibility index (Phi) is 9.11. The van der Waals surface area contributed by atoms with Crippen LogP contribution in [0.2, 0.25) is 0 Å². The highest BCUT2D eigenvalue weighted by Gasteiger charge is 2.23. The molecule has 1 aliphatic heterocycles. The number of hydroxylamine groups is 2. The summed E-state index contributed by atoms with van der Waals surface area (Å²) in [7, 11) is 1.58. The van der Waals surface area contributed by atoms with E-state index in [1.165, 1.54) is 12.1 Å². The molecule has 0 bridgehead atoms. The van der Waals surface area contributed by atoms with Gasteiger partial charge in [0.2, 0.25) is 0 Å². The number of hydrogen-bond acceptors (Lipinski definition) is 6. The van der Waals surface area contributed by atoms with Crippen molar-refractivity contribution in [1.82, 2.24) is 10.0 Å². The van der Waals surface area contributed by atoms with Crippen LogP contribution in [0.15, 0.2) is 36.5 Å². The van der Waals surface area contributed by atoms with Gasteiger partial charge in [0.15, 0.2) is 6.29 Å². The number of fused-ring (bicyclic) bond motifs is 1. The van der Waals surface area contributed by atoms with Crippen molar-refractivity contribution in [3.63, 3.8) is 0 Å². The second kappa shape index (κ2) is 11.5. The maximum atomic E-state index is 13.2. The fourth-order valence-corrected chi connectivity index (χ4v) is 3.27. The van der Waals surface area contributed by atoms with Gasteiger partial charge >= 0.3 is 0 Å². The van der Waals surface area contributed by atoms with E-state index in [9.17, 15) is 14.4 Å². The number of nitrogens with zero attached hydrogens (tertiary/aromatic N) is 3. The molecule has 0 saturated heterocycles. The van der Waals surface area contributed by atoms with Crippen LogP contribution in [0.4, 0.5) is 10.1 Å². The monoisotopic (exact) mass is 415 g/mol. The van der Waals surface area contributed by atoms with E-state index < -0.39 is 0 Å². The Balaban J connectivity index is 0.000000735. The molecular weight excluding hydrogens is 385 g/mol. The molecule has 0 unspecified atom stereocenters. The van der Waals surface area contributed by atoms with Crippen LogP contribution in [0.1, 0.15) is 47.4 Å². The normalized spacial score (nSPS) is 12.8. The Labute approximate surface area is 177 Å². The molecule has 3 rings (SSSR count). The summed E-state index contributed by atoms with van der Waals surface area (Å²) in [6.07, 6.45) is 6.00. The molecule has 1 aromatic heterocycles. The van der Waals surface area contributed by atoms with Crippen molar-refractivity contribution in [1.29, 1.82) is 0 Å². The van der Waals surface area contributed by atoms with Gasteiger partial charge in [0.25, 0.3) is 0 Å². The van der Waals surface area contributed by atoms with Crippen molar-refractivity contribution >= 4 is 17.5 Å². The Hall–Kier alpha value is -2.61. The first-order valence-electron chi connectivity index (χ1n) is 10.1. The minimum Gasteiger partial charge on any atom is -0.396 e. The third-order valence-corrected chi connectivity index (χ3v) is 4.85. The summed E-state index contributed by atoms with van der Waals surface area (Å²) in [5, 5.41) is 18.5. The summed E-state index contributed by atoms with van der Waals surface area (Å²) in [6, 6.07) is 6.46. The van der Waals surface area contributed by atoms with Crippen LogP contribution >= 0.6 is 0 Å². The molecule has 0 saturated carbocycles. The van der Waals surface area contributed by atoms with E-state index in [1.807, 2.05) is 13.8 Å². The van der Waals surface area contributed by atoms with Gasteiger partial charge in [-0.25, -0.2) is 4.39 Å².